The van der Waals surface area contributed by atoms with Gasteiger partial charge in [0.05, 0.1) is 9.79 Å². The van der Waals surface area contributed by atoms with Crippen LogP contribution in [0.25, 0.3) is 0 Å². The molecule has 1 saturated heterocycles. The number of nitrogens with zero attached hydrogens (tertiary/aromatic N) is 1. The molecule has 3 aromatic carbocycles. The van der Waals surface area contributed by atoms with Gasteiger partial charge in [0.25, 0.3) is 15.9 Å². The van der Waals surface area contributed by atoms with E-state index in [-0.39, 0.29) is 15.4 Å². The minimum Gasteiger partial charge on any atom is -0.322 e. The van der Waals surface area contributed by atoms with E-state index in [1.165, 1.54) is 34.6 Å². The molecular weight excluding hydrogens is 486 g/mol. The summed E-state index contributed by atoms with van der Waals surface area (Å²) < 4.78 is 55.3. The highest BCUT2D eigenvalue weighted by Gasteiger charge is 2.27. The van der Waals surface area contributed by atoms with Gasteiger partial charge in [-0.3, -0.25) is 9.52 Å². The van der Waals surface area contributed by atoms with E-state index in [4.69, 9.17) is 0 Å². The largest absolute Gasteiger partial charge is 0.322 e. The van der Waals surface area contributed by atoms with Gasteiger partial charge < -0.3 is 5.32 Å². The van der Waals surface area contributed by atoms with Gasteiger partial charge >= 0.3 is 0 Å². The van der Waals surface area contributed by atoms with E-state index < -0.39 is 26.0 Å². The Morgan fingerprint density at radius 1 is 0.800 bits per heavy atom. The number of carbonyl (C=O) groups excluding carboxylic acids is 1. The van der Waals surface area contributed by atoms with Gasteiger partial charge in [0.15, 0.2) is 0 Å². The number of hydrogen-bond acceptors (Lipinski definition) is 5. The van der Waals surface area contributed by atoms with Crippen LogP contribution < -0.4 is 10.0 Å². The van der Waals surface area contributed by atoms with E-state index in [9.17, 15) is 21.6 Å². The number of amides is 1. The van der Waals surface area contributed by atoms with Crippen LogP contribution in [0.1, 0.15) is 34.3 Å². The van der Waals surface area contributed by atoms with Gasteiger partial charge in [0.1, 0.15) is 0 Å². The molecule has 3 aromatic rings. The van der Waals surface area contributed by atoms with E-state index in [0.29, 0.717) is 30.0 Å². The molecule has 0 radical (unpaired) electrons. The second kappa shape index (κ2) is 9.80. The highest BCUT2D eigenvalue weighted by atomic mass is 32.2. The normalized spacial score (nSPS) is 14.6. The van der Waals surface area contributed by atoms with E-state index in [0.717, 1.165) is 18.4 Å². The van der Waals surface area contributed by atoms with E-state index >= 15 is 0 Å². The van der Waals surface area contributed by atoms with E-state index in [1.54, 1.807) is 43.3 Å². The average molecular weight is 514 g/mol. The van der Waals surface area contributed by atoms with Crippen LogP contribution in [0.5, 0.6) is 0 Å². The molecule has 0 unspecified atom stereocenters. The second-order valence-electron chi connectivity index (χ2n) is 8.54. The maximum atomic E-state index is 13.0. The second-order valence-corrected chi connectivity index (χ2v) is 12.1. The molecule has 0 aromatic heterocycles. The summed E-state index contributed by atoms with van der Waals surface area (Å²) >= 11 is 0. The Morgan fingerprint density at radius 3 is 2.03 bits per heavy atom. The molecule has 0 saturated carbocycles. The summed E-state index contributed by atoms with van der Waals surface area (Å²) in [6, 6.07) is 17.3. The quantitative estimate of drug-likeness (QED) is 0.493. The number of anilines is 2. The summed E-state index contributed by atoms with van der Waals surface area (Å²) in [5, 5.41) is 2.70. The monoisotopic (exact) mass is 513 g/mol. The third-order valence-corrected chi connectivity index (χ3v) is 9.29. The SMILES string of the molecule is Cc1ccc(NS(=O)(=O)c2cc(C(=O)Nc3ccc(S(=O)(=O)N4CCCC4)cc3)ccc2C)cc1. The molecule has 1 aliphatic heterocycles. The molecule has 0 atom stereocenters. The zero-order valence-corrected chi connectivity index (χ0v) is 21.1. The van der Waals surface area contributed by atoms with Gasteiger partial charge in [-0.05, 0) is 80.8 Å². The Hall–Kier alpha value is -3.21. The third-order valence-electron chi connectivity index (χ3n) is 5.86. The predicted octanol–water partition coefficient (Wildman–Crippen LogP) is 4.14. The van der Waals surface area contributed by atoms with Crippen molar-refractivity contribution in [2.45, 2.75) is 36.5 Å². The Balaban J connectivity index is 1.51. The van der Waals surface area contributed by atoms with Crippen LogP contribution in [0.15, 0.2) is 76.5 Å². The standard InChI is InChI=1S/C25H27N3O5S2/c1-18-5-9-22(10-6-18)27-34(30,31)24-17-20(8-7-19(24)2)25(29)26-21-11-13-23(14-12-21)35(32,33)28-15-3-4-16-28/h5-14,17,27H,3-4,15-16H2,1-2H3,(H,26,29). The molecule has 35 heavy (non-hydrogen) atoms. The van der Waals surface area contributed by atoms with Crippen LogP contribution in [0, 0.1) is 13.8 Å². The molecule has 8 nitrogen and oxygen atoms in total. The number of aryl methyl sites for hydroxylation is 2. The first-order valence-corrected chi connectivity index (χ1v) is 14.1. The van der Waals surface area contributed by atoms with Crippen molar-refractivity contribution >= 4 is 37.3 Å². The first kappa shape index (κ1) is 24.9. The predicted molar refractivity (Wildman–Crippen MR) is 136 cm³/mol. The van der Waals surface area contributed by atoms with Crippen molar-refractivity contribution in [3.8, 4) is 0 Å². The van der Waals surface area contributed by atoms with Crippen molar-refractivity contribution in [3.63, 3.8) is 0 Å². The molecule has 0 bridgehead atoms. The Morgan fingerprint density at radius 2 is 1.40 bits per heavy atom. The fourth-order valence-corrected chi connectivity index (χ4v) is 6.70. The molecular formula is C25H27N3O5S2. The fraction of sp³-hybridized carbons (Fsp3) is 0.240. The minimum atomic E-state index is -3.92. The van der Waals surface area contributed by atoms with Crippen molar-refractivity contribution in [2.24, 2.45) is 0 Å². The summed E-state index contributed by atoms with van der Waals surface area (Å²) in [5.74, 6) is -0.507. The van der Waals surface area contributed by atoms with Crippen LogP contribution >= 0.6 is 0 Å². The van der Waals surface area contributed by atoms with Crippen LogP contribution in [0.3, 0.4) is 0 Å². The van der Waals surface area contributed by atoms with Crippen LogP contribution in [-0.4, -0.2) is 40.1 Å². The molecule has 10 heteroatoms. The topological polar surface area (TPSA) is 113 Å². The average Bonchev–Trinajstić information content (AvgIpc) is 3.37. The Kier molecular flexibility index (Phi) is 6.98. The summed E-state index contributed by atoms with van der Waals surface area (Å²) in [4.78, 5) is 13.0. The van der Waals surface area contributed by atoms with Crippen molar-refractivity contribution in [2.75, 3.05) is 23.1 Å². The Labute approximate surface area is 206 Å². The molecule has 2 N–H and O–H groups in total. The fourth-order valence-electron chi connectivity index (χ4n) is 3.85. The molecule has 0 spiro atoms. The summed E-state index contributed by atoms with van der Waals surface area (Å²) in [7, 11) is -7.46. The molecule has 1 aliphatic rings. The number of benzene rings is 3. The van der Waals surface area contributed by atoms with Gasteiger partial charge in [0.2, 0.25) is 10.0 Å². The lowest BCUT2D eigenvalue weighted by atomic mass is 10.1. The van der Waals surface area contributed by atoms with E-state index in [2.05, 4.69) is 10.0 Å². The first-order valence-electron chi connectivity index (χ1n) is 11.2. The smallest absolute Gasteiger partial charge is 0.262 e. The van der Waals surface area contributed by atoms with Crippen LogP contribution in [0.2, 0.25) is 0 Å². The van der Waals surface area contributed by atoms with E-state index in [1.807, 2.05) is 6.92 Å². The zero-order chi connectivity index (χ0) is 25.2. The Bertz CT molecular complexity index is 1440. The maximum absolute atomic E-state index is 13.0. The van der Waals surface area contributed by atoms with Gasteiger partial charge in [-0.1, -0.05) is 23.8 Å². The van der Waals surface area contributed by atoms with Crippen LogP contribution in [0.4, 0.5) is 11.4 Å². The lowest BCUT2D eigenvalue weighted by molar-refractivity contribution is 0.102. The van der Waals surface area contributed by atoms with Gasteiger partial charge in [-0.25, -0.2) is 16.8 Å². The number of hydrogen-bond donors (Lipinski definition) is 2. The maximum Gasteiger partial charge on any atom is 0.262 e. The number of rotatable bonds is 7. The van der Waals surface area contributed by atoms with Gasteiger partial charge in [-0.15, -0.1) is 0 Å². The van der Waals surface area contributed by atoms with Crippen molar-refractivity contribution in [3.05, 3.63) is 83.4 Å². The van der Waals surface area contributed by atoms with Gasteiger partial charge in [0, 0.05) is 30.0 Å². The molecule has 0 aliphatic carbocycles. The van der Waals surface area contributed by atoms with Crippen molar-refractivity contribution in [1.82, 2.24) is 4.31 Å². The van der Waals surface area contributed by atoms with Crippen LogP contribution in [-0.2, 0) is 20.0 Å². The molecule has 1 heterocycles. The summed E-state index contributed by atoms with van der Waals surface area (Å²) in [6.45, 7) is 4.59. The first-order chi connectivity index (χ1) is 16.6. The molecule has 4 rings (SSSR count). The molecule has 184 valence electrons. The molecule has 1 amide bonds. The van der Waals surface area contributed by atoms with Crippen molar-refractivity contribution < 1.29 is 21.6 Å². The minimum absolute atomic E-state index is 0.00206. The lowest BCUT2D eigenvalue weighted by Crippen LogP contribution is -2.27. The van der Waals surface area contributed by atoms with Crippen molar-refractivity contribution in [1.29, 1.82) is 0 Å². The van der Waals surface area contributed by atoms with Gasteiger partial charge in [-0.2, -0.15) is 4.31 Å². The third kappa shape index (κ3) is 5.55. The highest BCUT2D eigenvalue weighted by Crippen LogP contribution is 2.24. The summed E-state index contributed by atoms with van der Waals surface area (Å²) in [5.41, 5.74) is 2.49. The molecule has 1 fully saturated rings. The number of sulfonamides is 2. The number of nitrogens with one attached hydrogen (secondary N) is 2. The summed E-state index contributed by atoms with van der Waals surface area (Å²) in [6.07, 6.45) is 1.70. The number of carbonyl (C=O) groups is 1. The highest BCUT2D eigenvalue weighted by molar-refractivity contribution is 7.92. The lowest BCUT2D eigenvalue weighted by Gasteiger charge is -2.16. The zero-order valence-electron chi connectivity index (χ0n) is 19.5.